The van der Waals surface area contributed by atoms with Crippen LogP contribution in [0.5, 0.6) is 0 Å². The maximum Gasteiger partial charge on any atom is 0.338 e. The molecule has 13 heteroatoms. The number of benzene rings is 1. The van der Waals surface area contributed by atoms with E-state index in [1.54, 1.807) is 17.2 Å². The van der Waals surface area contributed by atoms with E-state index in [9.17, 15) is 27.9 Å². The zero-order chi connectivity index (χ0) is 25.1. The van der Waals surface area contributed by atoms with Gasteiger partial charge in [-0.2, -0.15) is 0 Å². The van der Waals surface area contributed by atoms with Crippen LogP contribution in [0.1, 0.15) is 23.5 Å². The van der Waals surface area contributed by atoms with E-state index in [2.05, 4.69) is 15.3 Å². The molecule has 0 unspecified atom stereocenters. The highest BCUT2D eigenvalue weighted by molar-refractivity contribution is 7.11. The number of carboxylic acid groups (broad SMARTS) is 1. The van der Waals surface area contributed by atoms with Crippen LogP contribution in [0, 0.1) is 17.5 Å². The number of carbonyl (C=O) groups is 2. The predicted octanol–water partition coefficient (Wildman–Crippen LogP) is 2.25. The number of ether oxygens (including phenoxy) is 2. The molecule has 2 N–H and O–H groups in total. The number of amidine groups is 1. The number of nitrogens with one attached hydrogen (secondary N) is 1. The first-order valence-corrected chi connectivity index (χ1v) is 11.5. The van der Waals surface area contributed by atoms with E-state index in [0.717, 1.165) is 12.1 Å². The third-order valence-corrected chi connectivity index (χ3v) is 6.28. The summed E-state index contributed by atoms with van der Waals surface area (Å²) in [7, 11) is 0. The zero-order valence-corrected chi connectivity index (χ0v) is 19.3. The molecule has 0 spiro atoms. The standard InChI is InChI=1S/C22H21F3N4O5S/c1-2-34-22(32)15-13(9-29-6-7-33-10-14(29)21(30)31)27-19(20-26-5-8-35-20)28-18(15)11-3-4-12(23)17(25)16(11)24/h3-5,8,14,18H,2,6-7,9-10H2,1H3,(H,27,28)(H,30,31)/t14-,18-/m0/s1. The Labute approximate surface area is 201 Å². The number of halogens is 3. The van der Waals surface area contributed by atoms with Crippen molar-refractivity contribution >= 4 is 29.1 Å². The van der Waals surface area contributed by atoms with Gasteiger partial charge in [-0.1, -0.05) is 6.07 Å². The number of aliphatic carboxylic acids is 1. The quantitative estimate of drug-likeness (QED) is 0.431. The Kier molecular flexibility index (Phi) is 7.48. The SMILES string of the molecule is CCOC(=O)C1=C(CN2CCOC[C@H]2C(=O)O)NC(c2nccs2)=N[C@H]1c1ccc(F)c(F)c1F. The first-order valence-electron chi connectivity index (χ1n) is 10.6. The number of hydrogen-bond acceptors (Lipinski definition) is 9. The van der Waals surface area contributed by atoms with Gasteiger partial charge in [0.15, 0.2) is 28.3 Å². The Hall–Kier alpha value is -3.29. The average Bonchev–Trinajstić information content (AvgIpc) is 3.38. The van der Waals surface area contributed by atoms with Crippen LogP contribution in [-0.2, 0) is 19.1 Å². The van der Waals surface area contributed by atoms with Gasteiger partial charge in [0.25, 0.3) is 0 Å². The summed E-state index contributed by atoms with van der Waals surface area (Å²) < 4.78 is 53.2. The van der Waals surface area contributed by atoms with Crippen molar-refractivity contribution in [2.24, 2.45) is 4.99 Å². The minimum atomic E-state index is -1.70. The Morgan fingerprint density at radius 1 is 1.31 bits per heavy atom. The summed E-state index contributed by atoms with van der Waals surface area (Å²) in [5.41, 5.74) is -0.338. The van der Waals surface area contributed by atoms with Crippen LogP contribution >= 0.6 is 11.3 Å². The Bertz CT molecular complexity index is 1190. The number of esters is 1. The van der Waals surface area contributed by atoms with Crippen LogP contribution in [0.2, 0.25) is 0 Å². The first kappa shape index (κ1) is 24.8. The second-order valence-electron chi connectivity index (χ2n) is 7.62. The number of aromatic nitrogens is 1. The lowest BCUT2D eigenvalue weighted by Gasteiger charge is -2.35. The maximum atomic E-state index is 14.9. The highest BCUT2D eigenvalue weighted by Crippen LogP contribution is 2.35. The van der Waals surface area contributed by atoms with Crippen molar-refractivity contribution in [3.8, 4) is 0 Å². The minimum absolute atomic E-state index is 0.0129. The molecule has 186 valence electrons. The van der Waals surface area contributed by atoms with Gasteiger partial charge in [-0.05, 0) is 13.0 Å². The van der Waals surface area contributed by atoms with Crippen molar-refractivity contribution in [2.45, 2.75) is 19.0 Å². The molecule has 0 bridgehead atoms. The molecule has 1 fully saturated rings. The van der Waals surface area contributed by atoms with Gasteiger partial charge >= 0.3 is 11.9 Å². The fraction of sp³-hybridized carbons (Fsp3) is 0.364. The molecule has 4 rings (SSSR count). The molecule has 0 radical (unpaired) electrons. The molecule has 2 aliphatic heterocycles. The summed E-state index contributed by atoms with van der Waals surface area (Å²) in [6.07, 6.45) is 1.52. The Morgan fingerprint density at radius 2 is 2.11 bits per heavy atom. The molecular weight excluding hydrogens is 489 g/mol. The van der Waals surface area contributed by atoms with Gasteiger partial charge in [-0.3, -0.25) is 14.7 Å². The third-order valence-electron chi connectivity index (χ3n) is 5.50. The number of morpholine rings is 1. The van der Waals surface area contributed by atoms with E-state index in [4.69, 9.17) is 9.47 Å². The molecule has 2 atom stereocenters. The first-order chi connectivity index (χ1) is 16.8. The van der Waals surface area contributed by atoms with Crippen molar-refractivity contribution in [3.05, 3.63) is 63.0 Å². The van der Waals surface area contributed by atoms with E-state index in [1.807, 2.05) is 0 Å². The van der Waals surface area contributed by atoms with E-state index >= 15 is 0 Å². The van der Waals surface area contributed by atoms with Crippen LogP contribution in [-0.4, -0.2) is 71.7 Å². The number of rotatable bonds is 7. The normalized spacial score (nSPS) is 20.9. The lowest BCUT2D eigenvalue weighted by molar-refractivity contribution is -0.149. The van der Waals surface area contributed by atoms with Gasteiger partial charge in [0.2, 0.25) is 0 Å². The second kappa shape index (κ2) is 10.5. The largest absolute Gasteiger partial charge is 0.480 e. The second-order valence-corrected chi connectivity index (χ2v) is 8.51. The number of carboxylic acids is 1. The van der Waals surface area contributed by atoms with Crippen molar-refractivity contribution in [2.75, 3.05) is 32.9 Å². The Morgan fingerprint density at radius 3 is 2.80 bits per heavy atom. The van der Waals surface area contributed by atoms with Crippen molar-refractivity contribution in [1.29, 1.82) is 0 Å². The van der Waals surface area contributed by atoms with E-state index in [1.165, 1.54) is 17.5 Å². The summed E-state index contributed by atoms with van der Waals surface area (Å²) in [5.74, 6) is -6.38. The monoisotopic (exact) mass is 510 g/mol. The number of thiazole rings is 1. The molecule has 3 heterocycles. The fourth-order valence-corrected chi connectivity index (χ4v) is 4.44. The van der Waals surface area contributed by atoms with Gasteiger partial charge in [0, 0.05) is 35.9 Å². The lowest BCUT2D eigenvalue weighted by Crippen LogP contribution is -2.52. The summed E-state index contributed by atoms with van der Waals surface area (Å²) >= 11 is 1.21. The van der Waals surface area contributed by atoms with Crippen LogP contribution in [0.4, 0.5) is 13.2 Å². The number of carbonyl (C=O) groups excluding carboxylic acids is 1. The smallest absolute Gasteiger partial charge is 0.338 e. The van der Waals surface area contributed by atoms with Crippen LogP contribution in [0.3, 0.4) is 0 Å². The summed E-state index contributed by atoms with van der Waals surface area (Å²) in [5, 5.41) is 14.7. The topological polar surface area (TPSA) is 113 Å². The molecule has 35 heavy (non-hydrogen) atoms. The molecule has 9 nitrogen and oxygen atoms in total. The van der Waals surface area contributed by atoms with E-state index in [0.29, 0.717) is 5.01 Å². The minimum Gasteiger partial charge on any atom is -0.480 e. The van der Waals surface area contributed by atoms with Gasteiger partial charge < -0.3 is 19.9 Å². The summed E-state index contributed by atoms with van der Waals surface area (Å²) in [4.78, 5) is 35.0. The Balaban J connectivity index is 1.86. The molecule has 2 aliphatic rings. The van der Waals surface area contributed by atoms with Gasteiger partial charge in [-0.25, -0.2) is 22.9 Å². The highest BCUT2D eigenvalue weighted by atomic mass is 32.1. The lowest BCUT2D eigenvalue weighted by atomic mass is 9.94. The van der Waals surface area contributed by atoms with Crippen molar-refractivity contribution < 1.29 is 37.3 Å². The molecule has 0 aliphatic carbocycles. The zero-order valence-electron chi connectivity index (χ0n) is 18.5. The molecule has 1 aromatic heterocycles. The molecule has 0 saturated carbocycles. The van der Waals surface area contributed by atoms with Gasteiger partial charge in [-0.15, -0.1) is 11.3 Å². The van der Waals surface area contributed by atoms with Crippen molar-refractivity contribution in [3.63, 3.8) is 0 Å². The average molecular weight is 510 g/mol. The van der Waals surface area contributed by atoms with Crippen LogP contribution in [0.25, 0.3) is 0 Å². The molecule has 1 aromatic carbocycles. The fourth-order valence-electron chi connectivity index (χ4n) is 3.85. The van der Waals surface area contributed by atoms with Gasteiger partial charge in [0.05, 0.1) is 25.4 Å². The highest BCUT2D eigenvalue weighted by Gasteiger charge is 2.38. The molecule has 1 saturated heterocycles. The van der Waals surface area contributed by atoms with Crippen molar-refractivity contribution in [1.82, 2.24) is 15.2 Å². The number of nitrogens with zero attached hydrogens (tertiary/aromatic N) is 3. The molecule has 0 amide bonds. The predicted molar refractivity (Wildman–Crippen MR) is 118 cm³/mol. The molecular formula is C22H21F3N4O5S. The summed E-state index contributed by atoms with van der Waals surface area (Å²) in [6.45, 7) is 1.93. The number of aliphatic imine (C=N–C) groups is 1. The third kappa shape index (κ3) is 5.06. The van der Waals surface area contributed by atoms with Crippen LogP contribution in [0.15, 0.2) is 40.0 Å². The van der Waals surface area contributed by atoms with Crippen LogP contribution < -0.4 is 5.32 Å². The summed E-state index contributed by atoms with van der Waals surface area (Å²) in [6, 6.07) is -0.636. The maximum absolute atomic E-state index is 14.9. The molecule has 2 aromatic rings. The number of hydrogen-bond donors (Lipinski definition) is 2. The van der Waals surface area contributed by atoms with Gasteiger partial charge in [0.1, 0.15) is 12.1 Å². The van der Waals surface area contributed by atoms with E-state index in [-0.39, 0.29) is 55.6 Å². The van der Waals surface area contributed by atoms with E-state index < -0.39 is 41.5 Å².